The SMILES string of the molecule is O=C(Nc1ccc([N+](=O)[O-])cc1)c1ccc(Br)nc1. The normalized spacial score (nSPS) is 9.95. The molecule has 96 valence electrons. The standard InChI is InChI=1S/C12H8BrN3O3/c13-11-6-1-8(7-14-11)12(17)15-9-2-4-10(5-3-9)16(18)19/h1-7H,(H,15,17). The van der Waals surface area contributed by atoms with Gasteiger partial charge in [-0.25, -0.2) is 4.98 Å². The van der Waals surface area contributed by atoms with Crippen molar-refractivity contribution in [3.63, 3.8) is 0 Å². The first-order valence-electron chi connectivity index (χ1n) is 5.23. The number of amides is 1. The molecule has 0 atom stereocenters. The van der Waals surface area contributed by atoms with Gasteiger partial charge in [0.25, 0.3) is 11.6 Å². The van der Waals surface area contributed by atoms with Crippen molar-refractivity contribution in [3.8, 4) is 0 Å². The van der Waals surface area contributed by atoms with Gasteiger partial charge in [0, 0.05) is 24.0 Å². The maximum absolute atomic E-state index is 11.8. The van der Waals surface area contributed by atoms with Crippen molar-refractivity contribution < 1.29 is 9.72 Å². The lowest BCUT2D eigenvalue weighted by Crippen LogP contribution is -2.12. The number of rotatable bonds is 3. The average Bonchev–Trinajstić information content (AvgIpc) is 2.40. The second-order valence-corrected chi connectivity index (χ2v) is 4.44. The summed E-state index contributed by atoms with van der Waals surface area (Å²) >= 11 is 3.18. The van der Waals surface area contributed by atoms with E-state index < -0.39 is 4.92 Å². The Kier molecular flexibility index (Phi) is 3.86. The average molecular weight is 322 g/mol. The van der Waals surface area contributed by atoms with Gasteiger partial charge in [0.2, 0.25) is 0 Å². The number of nitro groups is 1. The molecule has 1 N–H and O–H groups in total. The van der Waals surface area contributed by atoms with Gasteiger partial charge in [0.05, 0.1) is 10.5 Å². The number of pyridine rings is 1. The summed E-state index contributed by atoms with van der Waals surface area (Å²) in [6, 6.07) is 8.89. The van der Waals surface area contributed by atoms with Crippen molar-refractivity contribution in [2.24, 2.45) is 0 Å². The number of nitrogens with one attached hydrogen (secondary N) is 1. The summed E-state index contributed by atoms with van der Waals surface area (Å²) in [6.45, 7) is 0. The van der Waals surface area contributed by atoms with Gasteiger partial charge < -0.3 is 5.32 Å². The van der Waals surface area contributed by atoms with Gasteiger partial charge in [-0.2, -0.15) is 0 Å². The number of non-ortho nitro benzene ring substituents is 1. The first-order chi connectivity index (χ1) is 9.06. The Hall–Kier alpha value is -2.28. The minimum Gasteiger partial charge on any atom is -0.322 e. The van der Waals surface area contributed by atoms with Crippen LogP contribution in [0.5, 0.6) is 0 Å². The van der Waals surface area contributed by atoms with Crippen molar-refractivity contribution in [1.82, 2.24) is 4.98 Å². The summed E-state index contributed by atoms with van der Waals surface area (Å²) in [6.07, 6.45) is 1.44. The molecular weight excluding hydrogens is 314 g/mol. The second kappa shape index (κ2) is 5.57. The fraction of sp³-hybridized carbons (Fsp3) is 0. The zero-order valence-electron chi connectivity index (χ0n) is 9.54. The van der Waals surface area contributed by atoms with Crippen molar-refractivity contribution in [2.45, 2.75) is 0 Å². The van der Waals surface area contributed by atoms with Crippen LogP contribution in [0.25, 0.3) is 0 Å². The highest BCUT2D eigenvalue weighted by Gasteiger charge is 2.08. The van der Waals surface area contributed by atoms with E-state index in [1.807, 2.05) is 0 Å². The molecule has 0 aliphatic carbocycles. The number of hydrogen-bond donors (Lipinski definition) is 1. The Morgan fingerprint density at radius 2 is 1.89 bits per heavy atom. The Bertz CT molecular complexity index is 611. The molecule has 0 bridgehead atoms. The van der Waals surface area contributed by atoms with Crippen molar-refractivity contribution in [3.05, 3.63) is 62.9 Å². The molecule has 19 heavy (non-hydrogen) atoms. The van der Waals surface area contributed by atoms with Crippen LogP contribution >= 0.6 is 15.9 Å². The third-order valence-electron chi connectivity index (χ3n) is 2.33. The molecule has 0 saturated heterocycles. The van der Waals surface area contributed by atoms with Crippen molar-refractivity contribution in [1.29, 1.82) is 0 Å². The number of nitrogens with zero attached hydrogens (tertiary/aromatic N) is 2. The first kappa shape index (κ1) is 13.2. The molecule has 0 radical (unpaired) electrons. The Morgan fingerprint density at radius 1 is 1.21 bits per heavy atom. The lowest BCUT2D eigenvalue weighted by atomic mass is 10.2. The number of carbonyl (C=O) groups is 1. The highest BCUT2D eigenvalue weighted by atomic mass is 79.9. The number of aromatic nitrogens is 1. The summed E-state index contributed by atoms with van der Waals surface area (Å²) < 4.78 is 0.638. The molecular formula is C12H8BrN3O3. The van der Waals surface area contributed by atoms with E-state index in [4.69, 9.17) is 0 Å². The summed E-state index contributed by atoms with van der Waals surface area (Å²) in [5, 5.41) is 13.1. The number of carbonyl (C=O) groups excluding carboxylic acids is 1. The highest BCUT2D eigenvalue weighted by molar-refractivity contribution is 9.10. The number of benzene rings is 1. The Morgan fingerprint density at radius 3 is 2.42 bits per heavy atom. The molecule has 2 aromatic rings. The molecule has 1 aromatic heterocycles. The fourth-order valence-electron chi connectivity index (χ4n) is 1.38. The third kappa shape index (κ3) is 3.35. The van der Waals surface area contributed by atoms with Gasteiger partial charge in [0.1, 0.15) is 4.60 Å². The minimum atomic E-state index is -0.496. The molecule has 1 heterocycles. The van der Waals surface area contributed by atoms with E-state index in [1.165, 1.54) is 30.5 Å². The van der Waals surface area contributed by atoms with Crippen LogP contribution in [-0.2, 0) is 0 Å². The molecule has 0 aliphatic rings. The van der Waals surface area contributed by atoms with Crippen molar-refractivity contribution in [2.75, 3.05) is 5.32 Å². The number of nitro benzene ring substituents is 1. The van der Waals surface area contributed by atoms with Gasteiger partial charge in [-0.3, -0.25) is 14.9 Å². The predicted octanol–water partition coefficient (Wildman–Crippen LogP) is 3.00. The van der Waals surface area contributed by atoms with Crippen LogP contribution in [0, 0.1) is 10.1 Å². The van der Waals surface area contributed by atoms with E-state index in [0.717, 1.165) is 0 Å². The quantitative estimate of drug-likeness (QED) is 0.535. The largest absolute Gasteiger partial charge is 0.322 e. The monoisotopic (exact) mass is 321 g/mol. The fourth-order valence-corrected chi connectivity index (χ4v) is 1.61. The molecule has 0 unspecified atom stereocenters. The minimum absolute atomic E-state index is 0.0247. The smallest absolute Gasteiger partial charge is 0.269 e. The topological polar surface area (TPSA) is 85.1 Å². The first-order valence-corrected chi connectivity index (χ1v) is 6.03. The maximum Gasteiger partial charge on any atom is 0.269 e. The number of hydrogen-bond acceptors (Lipinski definition) is 4. The van der Waals surface area contributed by atoms with Gasteiger partial charge >= 0.3 is 0 Å². The molecule has 0 spiro atoms. The number of halogens is 1. The van der Waals surface area contributed by atoms with Gasteiger partial charge in [-0.1, -0.05) is 0 Å². The van der Waals surface area contributed by atoms with E-state index in [2.05, 4.69) is 26.2 Å². The zero-order valence-corrected chi connectivity index (χ0v) is 11.1. The van der Waals surface area contributed by atoms with Crippen LogP contribution in [0.2, 0.25) is 0 Å². The van der Waals surface area contributed by atoms with E-state index in [0.29, 0.717) is 15.9 Å². The molecule has 7 heteroatoms. The third-order valence-corrected chi connectivity index (χ3v) is 2.79. The number of anilines is 1. The van der Waals surface area contributed by atoms with Crippen LogP contribution < -0.4 is 5.32 Å². The van der Waals surface area contributed by atoms with Crippen LogP contribution in [0.4, 0.5) is 11.4 Å². The lowest BCUT2D eigenvalue weighted by molar-refractivity contribution is -0.384. The van der Waals surface area contributed by atoms with Gasteiger partial charge in [-0.05, 0) is 40.2 Å². The highest BCUT2D eigenvalue weighted by Crippen LogP contribution is 2.16. The predicted molar refractivity (Wildman–Crippen MR) is 73.0 cm³/mol. The Balaban J connectivity index is 2.10. The lowest BCUT2D eigenvalue weighted by Gasteiger charge is -2.04. The molecule has 0 fully saturated rings. The summed E-state index contributed by atoms with van der Waals surface area (Å²) in [7, 11) is 0. The second-order valence-electron chi connectivity index (χ2n) is 3.63. The van der Waals surface area contributed by atoms with E-state index in [1.54, 1.807) is 12.1 Å². The Labute approximate surface area is 116 Å². The van der Waals surface area contributed by atoms with Crippen LogP contribution in [0.3, 0.4) is 0 Å². The van der Waals surface area contributed by atoms with Gasteiger partial charge in [-0.15, -0.1) is 0 Å². The molecule has 0 saturated carbocycles. The van der Waals surface area contributed by atoms with Crippen LogP contribution in [-0.4, -0.2) is 15.8 Å². The van der Waals surface area contributed by atoms with Crippen LogP contribution in [0.15, 0.2) is 47.2 Å². The van der Waals surface area contributed by atoms with Crippen LogP contribution in [0.1, 0.15) is 10.4 Å². The van der Waals surface area contributed by atoms with E-state index in [9.17, 15) is 14.9 Å². The van der Waals surface area contributed by atoms with Crippen molar-refractivity contribution >= 4 is 33.2 Å². The summed E-state index contributed by atoms with van der Waals surface area (Å²) in [4.78, 5) is 25.8. The van der Waals surface area contributed by atoms with E-state index >= 15 is 0 Å². The summed E-state index contributed by atoms with van der Waals surface area (Å²) in [5.41, 5.74) is 0.864. The molecule has 1 amide bonds. The molecule has 0 aliphatic heterocycles. The summed E-state index contributed by atoms with van der Waals surface area (Å²) in [5.74, 6) is -0.325. The van der Waals surface area contributed by atoms with E-state index in [-0.39, 0.29) is 11.6 Å². The van der Waals surface area contributed by atoms with Gasteiger partial charge in [0.15, 0.2) is 0 Å². The zero-order chi connectivity index (χ0) is 13.8. The molecule has 6 nitrogen and oxygen atoms in total. The maximum atomic E-state index is 11.8. The molecule has 1 aromatic carbocycles. The molecule has 2 rings (SSSR count).